The Labute approximate surface area is 211 Å². The predicted octanol–water partition coefficient (Wildman–Crippen LogP) is 8.12. The highest BCUT2D eigenvalue weighted by molar-refractivity contribution is 5.89. The highest BCUT2D eigenvalue weighted by Crippen LogP contribution is 2.38. The molecule has 4 heteroatoms. The summed E-state index contributed by atoms with van der Waals surface area (Å²) in [6, 6.07) is 0. The summed E-state index contributed by atoms with van der Waals surface area (Å²) in [6.07, 6.45) is 10.4. The summed E-state index contributed by atoms with van der Waals surface area (Å²) in [4.78, 5) is 26.5. The van der Waals surface area contributed by atoms with Gasteiger partial charge in [0.2, 0.25) is 0 Å². The van der Waals surface area contributed by atoms with Crippen LogP contribution in [0.4, 0.5) is 0 Å². The molecule has 0 aliphatic rings. The summed E-state index contributed by atoms with van der Waals surface area (Å²) in [6.45, 7) is 25.5. The van der Waals surface area contributed by atoms with Crippen LogP contribution in [0, 0.1) is 16.7 Å². The van der Waals surface area contributed by atoms with Gasteiger partial charge in [-0.3, -0.25) is 9.59 Å². The molecule has 0 aliphatic carbocycles. The molecule has 0 aliphatic heterocycles. The Balaban J connectivity index is 5.11. The molecule has 0 rings (SSSR count). The average molecular weight is 481 g/mol. The van der Waals surface area contributed by atoms with E-state index in [1.54, 1.807) is 0 Å². The zero-order valence-electron chi connectivity index (χ0n) is 24.4. The Morgan fingerprint density at radius 2 is 1.29 bits per heavy atom. The van der Waals surface area contributed by atoms with Gasteiger partial charge in [0.15, 0.2) is 5.78 Å². The van der Waals surface area contributed by atoms with Crippen molar-refractivity contribution in [2.24, 2.45) is 16.7 Å². The molecule has 0 aromatic carbocycles. The quantitative estimate of drug-likeness (QED) is 0.156. The SMILES string of the molecule is C=CCCCCCCCCC(COC(C)(C)C(C)(C)C(=O)C(C)OC(C)(C)C)C(=O)C(C)(C)C. The maximum absolute atomic E-state index is 13.3. The minimum absolute atomic E-state index is 0.0163. The van der Waals surface area contributed by atoms with E-state index in [1.165, 1.54) is 25.7 Å². The third kappa shape index (κ3) is 11.6. The van der Waals surface area contributed by atoms with Crippen LogP contribution in [0.1, 0.15) is 128 Å². The number of ether oxygens (including phenoxy) is 2. The number of unbranched alkanes of at least 4 members (excludes halogenated alkanes) is 6. The van der Waals surface area contributed by atoms with Crippen molar-refractivity contribution in [3.63, 3.8) is 0 Å². The van der Waals surface area contributed by atoms with Gasteiger partial charge in [-0.2, -0.15) is 0 Å². The van der Waals surface area contributed by atoms with Crippen molar-refractivity contribution in [2.75, 3.05) is 6.61 Å². The number of carbonyl (C=O) groups excluding carboxylic acids is 2. The highest BCUT2D eigenvalue weighted by atomic mass is 16.5. The second-order valence-electron chi connectivity index (χ2n) is 13.0. The molecule has 2 unspecified atom stereocenters. The van der Waals surface area contributed by atoms with Crippen LogP contribution in [0.25, 0.3) is 0 Å². The molecule has 0 fully saturated rings. The molecule has 0 saturated carbocycles. The Morgan fingerprint density at radius 1 is 0.794 bits per heavy atom. The molecule has 34 heavy (non-hydrogen) atoms. The van der Waals surface area contributed by atoms with E-state index in [0.717, 1.165) is 25.7 Å². The molecule has 0 aromatic rings. The number of allylic oxidation sites excluding steroid dienone is 1. The molecule has 200 valence electrons. The van der Waals surface area contributed by atoms with Crippen molar-refractivity contribution >= 4 is 11.6 Å². The molecule has 0 heterocycles. The van der Waals surface area contributed by atoms with Crippen LogP contribution in [0.5, 0.6) is 0 Å². The Bertz CT molecular complexity index is 631. The van der Waals surface area contributed by atoms with Crippen molar-refractivity contribution in [1.82, 2.24) is 0 Å². The lowest BCUT2D eigenvalue weighted by Crippen LogP contribution is -2.52. The van der Waals surface area contributed by atoms with Gasteiger partial charge in [-0.25, -0.2) is 0 Å². The van der Waals surface area contributed by atoms with Gasteiger partial charge in [0.1, 0.15) is 11.9 Å². The van der Waals surface area contributed by atoms with Gasteiger partial charge >= 0.3 is 0 Å². The van der Waals surface area contributed by atoms with Crippen LogP contribution in [-0.4, -0.2) is 35.5 Å². The first-order valence-corrected chi connectivity index (χ1v) is 13.4. The van der Waals surface area contributed by atoms with Crippen molar-refractivity contribution in [3.8, 4) is 0 Å². The monoisotopic (exact) mass is 480 g/mol. The van der Waals surface area contributed by atoms with E-state index in [-0.39, 0.29) is 17.5 Å². The van der Waals surface area contributed by atoms with Crippen molar-refractivity contribution < 1.29 is 19.1 Å². The van der Waals surface area contributed by atoms with Crippen LogP contribution >= 0.6 is 0 Å². The normalized spacial score (nSPS) is 15.1. The van der Waals surface area contributed by atoms with E-state index < -0.39 is 28.1 Å². The van der Waals surface area contributed by atoms with Crippen molar-refractivity contribution in [2.45, 2.75) is 145 Å². The van der Waals surface area contributed by atoms with Crippen LogP contribution in [-0.2, 0) is 19.1 Å². The molecule has 0 radical (unpaired) electrons. The summed E-state index contributed by atoms with van der Waals surface area (Å²) in [5.74, 6) is 0.0969. The first-order chi connectivity index (χ1) is 15.4. The maximum atomic E-state index is 13.3. The van der Waals surface area contributed by atoms with E-state index in [0.29, 0.717) is 6.61 Å². The number of rotatable bonds is 17. The van der Waals surface area contributed by atoms with Crippen LogP contribution in [0.15, 0.2) is 12.7 Å². The molecular weight excluding hydrogens is 424 g/mol. The molecule has 0 amide bonds. The van der Waals surface area contributed by atoms with Gasteiger partial charge < -0.3 is 9.47 Å². The second kappa shape index (κ2) is 13.9. The first kappa shape index (κ1) is 33.0. The fourth-order valence-corrected chi connectivity index (χ4v) is 4.17. The smallest absolute Gasteiger partial charge is 0.169 e. The van der Waals surface area contributed by atoms with E-state index >= 15 is 0 Å². The molecule has 0 bridgehead atoms. The molecule has 0 aromatic heterocycles. The summed E-state index contributed by atoms with van der Waals surface area (Å²) in [7, 11) is 0. The Kier molecular flexibility index (Phi) is 13.5. The van der Waals surface area contributed by atoms with E-state index in [4.69, 9.17) is 9.47 Å². The molecule has 4 nitrogen and oxygen atoms in total. The fraction of sp³-hybridized carbons (Fsp3) is 0.867. The van der Waals surface area contributed by atoms with Crippen molar-refractivity contribution in [1.29, 1.82) is 0 Å². The van der Waals surface area contributed by atoms with Gasteiger partial charge in [0.05, 0.1) is 23.2 Å². The Morgan fingerprint density at radius 3 is 1.76 bits per heavy atom. The third-order valence-electron chi connectivity index (χ3n) is 6.99. The topological polar surface area (TPSA) is 52.6 Å². The minimum atomic E-state index is -0.765. The highest BCUT2D eigenvalue weighted by Gasteiger charge is 2.47. The van der Waals surface area contributed by atoms with Gasteiger partial charge in [0.25, 0.3) is 0 Å². The average Bonchev–Trinajstić information content (AvgIpc) is 2.68. The fourth-order valence-electron chi connectivity index (χ4n) is 4.17. The first-order valence-electron chi connectivity index (χ1n) is 13.4. The number of ketones is 2. The third-order valence-corrected chi connectivity index (χ3v) is 6.99. The number of Topliss-reactive ketones (excluding diaryl/α,β-unsaturated/α-hetero) is 2. The molecular formula is C30H56O4. The Hall–Kier alpha value is -1.00. The lowest BCUT2D eigenvalue weighted by molar-refractivity contribution is -0.169. The summed E-state index contributed by atoms with van der Waals surface area (Å²) in [5, 5.41) is 0. The molecule has 0 saturated heterocycles. The minimum Gasteiger partial charge on any atom is -0.374 e. The summed E-state index contributed by atoms with van der Waals surface area (Å²) in [5.41, 5.74) is -2.31. The van der Waals surface area contributed by atoms with Gasteiger partial charge in [-0.05, 0) is 60.8 Å². The van der Waals surface area contributed by atoms with E-state index in [1.807, 2.05) is 82.2 Å². The second-order valence-corrected chi connectivity index (χ2v) is 13.0. The molecule has 0 spiro atoms. The lowest BCUT2D eigenvalue weighted by atomic mass is 9.72. The zero-order chi connectivity index (χ0) is 26.8. The van der Waals surface area contributed by atoms with E-state index in [2.05, 4.69) is 6.58 Å². The summed E-state index contributed by atoms with van der Waals surface area (Å²) < 4.78 is 12.3. The maximum Gasteiger partial charge on any atom is 0.169 e. The number of hydrogen-bond donors (Lipinski definition) is 0. The van der Waals surface area contributed by atoms with E-state index in [9.17, 15) is 9.59 Å². The van der Waals surface area contributed by atoms with Crippen LogP contribution < -0.4 is 0 Å². The van der Waals surface area contributed by atoms with Crippen molar-refractivity contribution in [3.05, 3.63) is 12.7 Å². The number of carbonyl (C=O) groups is 2. The predicted molar refractivity (Wildman–Crippen MR) is 144 cm³/mol. The number of hydrogen-bond acceptors (Lipinski definition) is 4. The largest absolute Gasteiger partial charge is 0.374 e. The summed E-state index contributed by atoms with van der Waals surface area (Å²) >= 11 is 0. The lowest BCUT2D eigenvalue weighted by Gasteiger charge is -2.43. The van der Waals surface area contributed by atoms with Gasteiger partial charge in [-0.1, -0.05) is 72.8 Å². The van der Waals surface area contributed by atoms with Gasteiger partial charge in [-0.15, -0.1) is 6.58 Å². The van der Waals surface area contributed by atoms with Gasteiger partial charge in [0, 0.05) is 11.3 Å². The molecule has 0 N–H and O–H groups in total. The zero-order valence-corrected chi connectivity index (χ0v) is 24.4. The van der Waals surface area contributed by atoms with Crippen LogP contribution in [0.3, 0.4) is 0 Å². The van der Waals surface area contributed by atoms with Crippen LogP contribution in [0.2, 0.25) is 0 Å². The molecule has 2 atom stereocenters. The standard InChI is InChI=1S/C30H56O4/c1-13-14-15-16-17-18-19-20-21-24(26(32)27(3,4)5)22-33-30(11,12)29(9,10)25(31)23(2)34-28(6,7)8/h13,23-24H,1,14-22H2,2-12H3.